The summed E-state index contributed by atoms with van der Waals surface area (Å²) in [6.07, 6.45) is 15.1. The summed E-state index contributed by atoms with van der Waals surface area (Å²) >= 11 is 6.15. The van der Waals surface area contributed by atoms with Crippen LogP contribution in [-0.4, -0.2) is 14.8 Å². The van der Waals surface area contributed by atoms with Gasteiger partial charge < -0.3 is 0 Å². The van der Waals surface area contributed by atoms with E-state index in [1.807, 2.05) is 10.7 Å². The third-order valence-corrected chi connectivity index (χ3v) is 5.22. The fourth-order valence-electron chi connectivity index (χ4n) is 3.57. The molecule has 0 aliphatic heterocycles. The van der Waals surface area contributed by atoms with Crippen LogP contribution in [0.3, 0.4) is 0 Å². The van der Waals surface area contributed by atoms with Gasteiger partial charge in [0.25, 0.3) is 0 Å². The summed E-state index contributed by atoms with van der Waals surface area (Å²) in [4.78, 5) is 4.02. The van der Waals surface area contributed by atoms with Crippen LogP contribution in [0.4, 0.5) is 0 Å². The summed E-state index contributed by atoms with van der Waals surface area (Å²) in [5, 5.41) is 5.04. The zero-order chi connectivity index (χ0) is 17.9. The zero-order valence-corrected chi connectivity index (χ0v) is 16.5. The van der Waals surface area contributed by atoms with Crippen molar-refractivity contribution in [1.29, 1.82) is 0 Å². The number of aromatic nitrogens is 3. The second-order valence-corrected chi connectivity index (χ2v) is 7.49. The molecule has 1 aromatic heterocycles. The van der Waals surface area contributed by atoms with Gasteiger partial charge in [0.05, 0.1) is 0 Å². The van der Waals surface area contributed by atoms with E-state index in [4.69, 9.17) is 11.6 Å². The highest BCUT2D eigenvalue weighted by Gasteiger charge is 2.14. The van der Waals surface area contributed by atoms with Crippen molar-refractivity contribution in [2.45, 2.75) is 84.1 Å². The van der Waals surface area contributed by atoms with Gasteiger partial charge in [-0.15, -0.1) is 0 Å². The van der Waals surface area contributed by atoms with Crippen LogP contribution < -0.4 is 0 Å². The number of benzene rings is 1. The standard InChI is InChI=1S/C21H32ClN3/c1-3-4-5-6-7-8-10-19(11-9-14-25-17-23-16-24-25)21-13-12-20(22)15-18(21)2/h12-13,15-17,19H,3-11,14H2,1-2H3. The first kappa shape index (κ1) is 20.0. The minimum atomic E-state index is 0.618. The molecule has 1 unspecified atom stereocenters. The number of unbranched alkanes of at least 4 members (excludes halogenated alkanes) is 5. The Balaban J connectivity index is 1.88. The number of hydrogen-bond acceptors (Lipinski definition) is 2. The van der Waals surface area contributed by atoms with Crippen molar-refractivity contribution < 1.29 is 0 Å². The predicted molar refractivity (Wildman–Crippen MR) is 106 cm³/mol. The van der Waals surface area contributed by atoms with Crippen molar-refractivity contribution in [3.8, 4) is 0 Å². The minimum absolute atomic E-state index is 0.618. The highest BCUT2D eigenvalue weighted by molar-refractivity contribution is 6.30. The monoisotopic (exact) mass is 361 g/mol. The lowest BCUT2D eigenvalue weighted by Gasteiger charge is -2.20. The molecule has 2 aromatic rings. The Kier molecular flexibility index (Phi) is 9.03. The van der Waals surface area contributed by atoms with Crippen LogP contribution in [0.2, 0.25) is 5.02 Å². The molecule has 0 radical (unpaired) electrons. The fourth-order valence-corrected chi connectivity index (χ4v) is 3.80. The molecule has 138 valence electrons. The van der Waals surface area contributed by atoms with Gasteiger partial charge in [-0.25, -0.2) is 4.98 Å². The molecule has 0 spiro atoms. The highest BCUT2D eigenvalue weighted by atomic mass is 35.5. The first-order valence-electron chi connectivity index (χ1n) is 9.79. The van der Waals surface area contributed by atoms with Crippen LogP contribution in [0.15, 0.2) is 30.9 Å². The third kappa shape index (κ3) is 7.19. The molecule has 4 heteroatoms. The molecule has 0 aliphatic carbocycles. The van der Waals surface area contributed by atoms with Crippen LogP contribution in [0, 0.1) is 6.92 Å². The van der Waals surface area contributed by atoms with Crippen molar-refractivity contribution in [3.05, 3.63) is 47.0 Å². The van der Waals surface area contributed by atoms with Gasteiger partial charge in [-0.2, -0.15) is 5.10 Å². The smallest absolute Gasteiger partial charge is 0.137 e. The lowest BCUT2D eigenvalue weighted by molar-refractivity contribution is 0.470. The van der Waals surface area contributed by atoms with E-state index < -0.39 is 0 Å². The molecular weight excluding hydrogens is 330 g/mol. The lowest BCUT2D eigenvalue weighted by atomic mass is 9.86. The summed E-state index contributed by atoms with van der Waals surface area (Å²) in [5.41, 5.74) is 2.79. The van der Waals surface area contributed by atoms with E-state index in [0.29, 0.717) is 5.92 Å². The van der Waals surface area contributed by atoms with E-state index in [2.05, 4.69) is 36.1 Å². The third-order valence-electron chi connectivity index (χ3n) is 4.98. The van der Waals surface area contributed by atoms with Crippen LogP contribution in [0.5, 0.6) is 0 Å². The Bertz CT molecular complexity index is 595. The Morgan fingerprint density at radius 2 is 1.80 bits per heavy atom. The topological polar surface area (TPSA) is 30.7 Å². The molecule has 25 heavy (non-hydrogen) atoms. The lowest BCUT2D eigenvalue weighted by Crippen LogP contribution is -2.05. The summed E-state index contributed by atoms with van der Waals surface area (Å²) < 4.78 is 1.93. The molecule has 0 saturated heterocycles. The molecule has 0 fully saturated rings. The maximum atomic E-state index is 6.15. The average molecular weight is 362 g/mol. The van der Waals surface area contributed by atoms with Crippen molar-refractivity contribution in [2.75, 3.05) is 0 Å². The molecular formula is C21H32ClN3. The molecule has 1 heterocycles. The largest absolute Gasteiger partial charge is 0.253 e. The summed E-state index contributed by atoms with van der Waals surface area (Å²) in [7, 11) is 0. The van der Waals surface area contributed by atoms with E-state index in [1.165, 1.54) is 62.5 Å². The zero-order valence-electron chi connectivity index (χ0n) is 15.8. The average Bonchev–Trinajstić information content (AvgIpc) is 3.10. The first-order chi connectivity index (χ1) is 12.2. The van der Waals surface area contributed by atoms with Gasteiger partial charge in [0.2, 0.25) is 0 Å². The molecule has 0 N–H and O–H groups in total. The van der Waals surface area contributed by atoms with Gasteiger partial charge in [-0.1, -0.05) is 63.1 Å². The van der Waals surface area contributed by atoms with Crippen molar-refractivity contribution in [1.82, 2.24) is 14.8 Å². The molecule has 0 saturated carbocycles. The summed E-state index contributed by atoms with van der Waals surface area (Å²) in [5.74, 6) is 0.618. The van der Waals surface area contributed by atoms with E-state index in [0.717, 1.165) is 18.0 Å². The van der Waals surface area contributed by atoms with E-state index >= 15 is 0 Å². The highest BCUT2D eigenvalue weighted by Crippen LogP contribution is 2.31. The Hall–Kier alpha value is -1.35. The number of rotatable bonds is 12. The molecule has 0 aliphatic rings. The Labute approximate surface area is 157 Å². The van der Waals surface area contributed by atoms with Gasteiger partial charge in [0.1, 0.15) is 12.7 Å². The van der Waals surface area contributed by atoms with E-state index in [1.54, 1.807) is 12.7 Å². The normalized spacial score (nSPS) is 12.4. The molecule has 0 amide bonds. The van der Waals surface area contributed by atoms with Crippen molar-refractivity contribution >= 4 is 11.6 Å². The van der Waals surface area contributed by atoms with Crippen molar-refractivity contribution in [2.24, 2.45) is 0 Å². The SMILES string of the molecule is CCCCCCCCC(CCCn1cncn1)c1ccc(Cl)cc1C. The maximum Gasteiger partial charge on any atom is 0.137 e. The molecule has 1 atom stereocenters. The van der Waals surface area contributed by atoms with Gasteiger partial charge in [-0.3, -0.25) is 4.68 Å². The Morgan fingerprint density at radius 3 is 2.52 bits per heavy atom. The summed E-state index contributed by atoms with van der Waals surface area (Å²) in [6.45, 7) is 5.40. The fraction of sp³-hybridized carbons (Fsp3) is 0.619. The van der Waals surface area contributed by atoms with Gasteiger partial charge >= 0.3 is 0 Å². The quantitative estimate of drug-likeness (QED) is 0.401. The molecule has 2 rings (SSSR count). The Morgan fingerprint density at radius 1 is 1.04 bits per heavy atom. The first-order valence-corrected chi connectivity index (χ1v) is 10.2. The predicted octanol–water partition coefficient (Wildman–Crippen LogP) is 6.55. The number of hydrogen-bond donors (Lipinski definition) is 0. The van der Waals surface area contributed by atoms with E-state index in [-0.39, 0.29) is 0 Å². The maximum absolute atomic E-state index is 6.15. The van der Waals surface area contributed by atoms with Crippen LogP contribution in [0.25, 0.3) is 0 Å². The van der Waals surface area contributed by atoms with Crippen molar-refractivity contribution in [3.63, 3.8) is 0 Å². The van der Waals surface area contributed by atoms with Crippen LogP contribution in [0.1, 0.15) is 81.8 Å². The van der Waals surface area contributed by atoms with E-state index in [9.17, 15) is 0 Å². The molecule has 1 aromatic carbocycles. The number of aryl methyl sites for hydroxylation is 2. The molecule has 3 nitrogen and oxygen atoms in total. The van der Waals surface area contributed by atoms with Gasteiger partial charge in [-0.05, 0) is 55.4 Å². The number of halogens is 1. The summed E-state index contributed by atoms with van der Waals surface area (Å²) in [6, 6.07) is 6.37. The van der Waals surface area contributed by atoms with Gasteiger partial charge in [0.15, 0.2) is 0 Å². The minimum Gasteiger partial charge on any atom is -0.253 e. The second-order valence-electron chi connectivity index (χ2n) is 7.06. The van der Waals surface area contributed by atoms with Crippen LogP contribution >= 0.6 is 11.6 Å². The second kappa shape index (κ2) is 11.3. The number of nitrogens with zero attached hydrogens (tertiary/aromatic N) is 3. The molecule has 0 bridgehead atoms. The van der Waals surface area contributed by atoms with Gasteiger partial charge in [0, 0.05) is 11.6 Å². The van der Waals surface area contributed by atoms with Crippen LogP contribution in [-0.2, 0) is 6.54 Å².